The predicted molar refractivity (Wildman–Crippen MR) is 62.6 cm³/mol. The highest BCUT2D eigenvalue weighted by atomic mass is 32.1. The molecule has 4 nitrogen and oxygen atoms in total. The monoisotopic (exact) mass is 239 g/mol. The van der Waals surface area contributed by atoms with Crippen LogP contribution in [0.4, 0.5) is 5.69 Å². The van der Waals surface area contributed by atoms with Crippen molar-refractivity contribution in [3.05, 3.63) is 23.8 Å². The molecule has 0 amide bonds. The van der Waals surface area contributed by atoms with E-state index >= 15 is 0 Å². The lowest BCUT2D eigenvalue weighted by molar-refractivity contribution is -0.166. The van der Waals surface area contributed by atoms with Crippen LogP contribution in [0.5, 0.6) is 0 Å². The molecule has 0 aliphatic carbocycles. The van der Waals surface area contributed by atoms with Gasteiger partial charge in [0.1, 0.15) is 5.41 Å². The molecule has 5 heteroatoms. The Morgan fingerprint density at radius 3 is 2.69 bits per heavy atom. The Bertz CT molecular complexity index is 429. The number of methoxy groups -OCH3 is 1. The molecule has 0 aromatic heterocycles. The van der Waals surface area contributed by atoms with E-state index in [1.807, 2.05) is 6.07 Å². The van der Waals surface area contributed by atoms with Gasteiger partial charge in [-0.3, -0.25) is 4.79 Å². The second-order valence-corrected chi connectivity index (χ2v) is 4.32. The van der Waals surface area contributed by atoms with Gasteiger partial charge in [-0.15, -0.1) is 12.6 Å². The molecule has 0 unspecified atom stereocenters. The van der Waals surface area contributed by atoms with Gasteiger partial charge in [-0.2, -0.15) is 0 Å². The Balaban J connectivity index is 2.41. The van der Waals surface area contributed by atoms with Gasteiger partial charge in [-0.1, -0.05) is 6.07 Å². The number of benzene rings is 1. The van der Waals surface area contributed by atoms with Crippen LogP contribution >= 0.6 is 12.6 Å². The first kappa shape index (κ1) is 11.3. The first-order valence-corrected chi connectivity index (χ1v) is 5.30. The number of nitrogens with two attached hydrogens (primary N) is 1. The van der Waals surface area contributed by atoms with Crippen molar-refractivity contribution >= 4 is 24.3 Å². The van der Waals surface area contributed by atoms with E-state index in [4.69, 9.17) is 15.2 Å². The molecule has 86 valence electrons. The SMILES string of the molecule is COC(=O)C1(c2ccc(N)c(S)c2)COC1. The van der Waals surface area contributed by atoms with Gasteiger partial charge >= 0.3 is 5.97 Å². The number of carbonyl (C=O) groups is 1. The standard InChI is InChI=1S/C11H13NO3S/c1-14-10(13)11(5-15-6-11)7-2-3-8(12)9(16)4-7/h2-4,16H,5-6,12H2,1H3. The first-order chi connectivity index (χ1) is 7.60. The molecule has 0 bridgehead atoms. The van der Waals surface area contributed by atoms with Crippen LogP contribution in [0.25, 0.3) is 0 Å². The highest BCUT2D eigenvalue weighted by Crippen LogP contribution is 2.35. The van der Waals surface area contributed by atoms with Crippen LogP contribution in [0, 0.1) is 0 Å². The van der Waals surface area contributed by atoms with Gasteiger partial charge in [0.2, 0.25) is 0 Å². The predicted octanol–water partition coefficient (Wildman–Crippen LogP) is 0.998. The van der Waals surface area contributed by atoms with Crippen molar-refractivity contribution in [2.75, 3.05) is 26.1 Å². The minimum atomic E-state index is -0.681. The smallest absolute Gasteiger partial charge is 0.321 e. The largest absolute Gasteiger partial charge is 0.468 e. The van der Waals surface area contributed by atoms with E-state index in [1.165, 1.54) is 7.11 Å². The quantitative estimate of drug-likeness (QED) is 0.459. The summed E-state index contributed by atoms with van der Waals surface area (Å²) in [7, 11) is 1.38. The summed E-state index contributed by atoms with van der Waals surface area (Å²) in [5, 5.41) is 0. The van der Waals surface area contributed by atoms with E-state index in [0.717, 1.165) is 5.56 Å². The third-order valence-corrected chi connectivity index (χ3v) is 3.24. The van der Waals surface area contributed by atoms with Gasteiger partial charge in [0.15, 0.2) is 0 Å². The molecule has 0 radical (unpaired) electrons. The summed E-state index contributed by atoms with van der Waals surface area (Å²) < 4.78 is 9.94. The minimum Gasteiger partial charge on any atom is -0.468 e. The zero-order valence-corrected chi connectivity index (χ0v) is 9.79. The van der Waals surface area contributed by atoms with Crippen LogP contribution in [0.15, 0.2) is 23.1 Å². The highest BCUT2D eigenvalue weighted by molar-refractivity contribution is 7.80. The topological polar surface area (TPSA) is 61.5 Å². The van der Waals surface area contributed by atoms with Crippen LogP contribution in [0.2, 0.25) is 0 Å². The summed E-state index contributed by atoms with van der Waals surface area (Å²) in [6.45, 7) is 0.688. The molecular formula is C11H13NO3S. The van der Waals surface area contributed by atoms with E-state index in [0.29, 0.717) is 23.8 Å². The number of hydrogen-bond donors (Lipinski definition) is 2. The van der Waals surface area contributed by atoms with Gasteiger partial charge in [-0.05, 0) is 17.7 Å². The minimum absolute atomic E-state index is 0.281. The van der Waals surface area contributed by atoms with Gasteiger partial charge in [-0.25, -0.2) is 0 Å². The molecule has 0 saturated carbocycles. The second-order valence-electron chi connectivity index (χ2n) is 3.84. The van der Waals surface area contributed by atoms with Crippen LogP contribution in [-0.4, -0.2) is 26.3 Å². The fraction of sp³-hybridized carbons (Fsp3) is 0.364. The molecule has 1 aromatic rings. The average molecular weight is 239 g/mol. The number of hydrogen-bond acceptors (Lipinski definition) is 5. The molecular weight excluding hydrogens is 226 g/mol. The summed E-state index contributed by atoms with van der Waals surface area (Å²) >= 11 is 4.24. The van der Waals surface area contributed by atoms with Crippen LogP contribution in [0.1, 0.15) is 5.56 Å². The fourth-order valence-corrected chi connectivity index (χ4v) is 1.96. The Morgan fingerprint density at radius 1 is 1.56 bits per heavy atom. The second kappa shape index (κ2) is 3.99. The van der Waals surface area contributed by atoms with Crippen molar-refractivity contribution in [2.45, 2.75) is 10.3 Å². The summed E-state index contributed by atoms with van der Waals surface area (Å²) in [6.07, 6.45) is 0. The maximum absolute atomic E-state index is 11.8. The summed E-state index contributed by atoms with van der Waals surface area (Å²) in [6, 6.07) is 5.34. The maximum atomic E-state index is 11.8. The van der Waals surface area contributed by atoms with E-state index in [1.54, 1.807) is 12.1 Å². The van der Waals surface area contributed by atoms with E-state index in [9.17, 15) is 4.79 Å². The Kier molecular flexibility index (Phi) is 2.82. The van der Waals surface area contributed by atoms with Crippen molar-refractivity contribution in [1.29, 1.82) is 0 Å². The molecule has 2 rings (SSSR count). The van der Waals surface area contributed by atoms with Gasteiger partial charge in [0.25, 0.3) is 0 Å². The third kappa shape index (κ3) is 1.56. The van der Waals surface area contributed by atoms with Crippen LogP contribution in [0.3, 0.4) is 0 Å². The summed E-state index contributed by atoms with van der Waals surface area (Å²) in [5.41, 5.74) is 6.42. The molecule has 2 N–H and O–H groups in total. The number of nitrogen functional groups attached to an aromatic ring is 1. The Labute approximate surface area is 99.1 Å². The lowest BCUT2D eigenvalue weighted by atomic mass is 9.78. The van der Waals surface area contributed by atoms with E-state index < -0.39 is 5.41 Å². The molecule has 1 heterocycles. The molecule has 1 fully saturated rings. The zero-order valence-electron chi connectivity index (χ0n) is 8.90. The van der Waals surface area contributed by atoms with Crippen molar-refractivity contribution < 1.29 is 14.3 Å². The van der Waals surface area contributed by atoms with E-state index in [-0.39, 0.29) is 5.97 Å². The molecule has 0 spiro atoms. The van der Waals surface area contributed by atoms with Crippen molar-refractivity contribution in [3.63, 3.8) is 0 Å². The summed E-state index contributed by atoms with van der Waals surface area (Å²) in [4.78, 5) is 12.4. The first-order valence-electron chi connectivity index (χ1n) is 4.85. The highest BCUT2D eigenvalue weighted by Gasteiger charge is 2.48. The Hall–Kier alpha value is -1.20. The molecule has 1 aliphatic heterocycles. The Morgan fingerprint density at radius 2 is 2.25 bits per heavy atom. The van der Waals surface area contributed by atoms with Crippen LogP contribution < -0.4 is 5.73 Å². The number of carbonyl (C=O) groups excluding carboxylic acids is 1. The fourth-order valence-electron chi connectivity index (χ4n) is 1.75. The molecule has 0 atom stereocenters. The lowest BCUT2D eigenvalue weighted by Gasteiger charge is -2.39. The maximum Gasteiger partial charge on any atom is 0.321 e. The molecule has 1 aromatic carbocycles. The third-order valence-electron chi connectivity index (χ3n) is 2.86. The average Bonchev–Trinajstić information content (AvgIpc) is 2.21. The summed E-state index contributed by atoms with van der Waals surface area (Å²) in [5.74, 6) is -0.281. The molecule has 1 saturated heterocycles. The van der Waals surface area contributed by atoms with Gasteiger partial charge in [0, 0.05) is 10.6 Å². The molecule has 16 heavy (non-hydrogen) atoms. The number of thiol groups is 1. The number of ether oxygens (including phenoxy) is 2. The zero-order chi connectivity index (χ0) is 11.8. The number of anilines is 1. The number of esters is 1. The van der Waals surface area contributed by atoms with Crippen LogP contribution in [-0.2, 0) is 19.7 Å². The number of rotatable bonds is 2. The lowest BCUT2D eigenvalue weighted by Crippen LogP contribution is -2.53. The normalized spacial score (nSPS) is 17.6. The van der Waals surface area contributed by atoms with Crippen molar-refractivity contribution in [2.24, 2.45) is 0 Å². The van der Waals surface area contributed by atoms with Gasteiger partial charge < -0.3 is 15.2 Å². The van der Waals surface area contributed by atoms with Crippen molar-refractivity contribution in [1.82, 2.24) is 0 Å². The van der Waals surface area contributed by atoms with Crippen molar-refractivity contribution in [3.8, 4) is 0 Å². The van der Waals surface area contributed by atoms with Gasteiger partial charge in [0.05, 0.1) is 20.3 Å². The van der Waals surface area contributed by atoms with E-state index in [2.05, 4.69) is 12.6 Å². The molecule has 1 aliphatic rings.